The first-order valence-corrected chi connectivity index (χ1v) is 8.25. The van der Waals surface area contributed by atoms with E-state index in [1.807, 2.05) is 13.8 Å². The number of rotatable bonds is 5. The molecule has 1 aromatic rings. The Balaban J connectivity index is 2.08. The highest BCUT2D eigenvalue weighted by molar-refractivity contribution is 5.84. The van der Waals surface area contributed by atoms with Crippen LogP contribution in [-0.2, 0) is 20.9 Å². The van der Waals surface area contributed by atoms with Crippen LogP contribution in [-0.4, -0.2) is 53.9 Å². The first-order valence-electron chi connectivity index (χ1n) is 8.25. The lowest BCUT2D eigenvalue weighted by Gasteiger charge is -2.26. The van der Waals surface area contributed by atoms with Crippen LogP contribution in [0.2, 0.25) is 0 Å². The van der Waals surface area contributed by atoms with Gasteiger partial charge in [0.2, 0.25) is 11.8 Å². The van der Waals surface area contributed by atoms with Crippen molar-refractivity contribution in [3.63, 3.8) is 0 Å². The fourth-order valence-corrected chi connectivity index (χ4v) is 2.76. The third-order valence-corrected chi connectivity index (χ3v) is 3.99. The molecule has 2 rings (SSSR count). The van der Waals surface area contributed by atoms with E-state index in [4.69, 9.17) is 4.74 Å². The zero-order chi connectivity index (χ0) is 17.7. The Morgan fingerprint density at radius 2 is 2.04 bits per heavy atom. The van der Waals surface area contributed by atoms with Crippen LogP contribution >= 0.6 is 0 Å². The van der Waals surface area contributed by atoms with Crippen LogP contribution in [0.25, 0.3) is 0 Å². The van der Waals surface area contributed by atoms with Gasteiger partial charge in [0, 0.05) is 32.1 Å². The molecule has 1 aliphatic heterocycles. The van der Waals surface area contributed by atoms with E-state index in [-0.39, 0.29) is 36.9 Å². The zero-order valence-electron chi connectivity index (χ0n) is 14.5. The van der Waals surface area contributed by atoms with Crippen molar-refractivity contribution in [2.24, 2.45) is 5.92 Å². The molecule has 1 fully saturated rings. The lowest BCUT2D eigenvalue weighted by atomic mass is 10.2. The van der Waals surface area contributed by atoms with E-state index in [2.05, 4.69) is 0 Å². The molecule has 1 unspecified atom stereocenters. The summed E-state index contributed by atoms with van der Waals surface area (Å²) in [4.78, 5) is 27.3. The minimum atomic E-state index is -0.335. The van der Waals surface area contributed by atoms with E-state index in [9.17, 15) is 14.0 Å². The number of benzene rings is 1. The molecule has 0 aliphatic carbocycles. The molecular formula is C18H25FN2O3. The largest absolute Gasteiger partial charge is 0.370 e. The molecule has 0 N–H and O–H groups in total. The van der Waals surface area contributed by atoms with Gasteiger partial charge >= 0.3 is 0 Å². The fraction of sp³-hybridized carbons (Fsp3) is 0.556. The topological polar surface area (TPSA) is 49.9 Å². The van der Waals surface area contributed by atoms with Gasteiger partial charge in [-0.3, -0.25) is 9.59 Å². The number of halogens is 1. The van der Waals surface area contributed by atoms with Gasteiger partial charge in [0.15, 0.2) is 0 Å². The van der Waals surface area contributed by atoms with Crippen LogP contribution in [0.1, 0.15) is 26.3 Å². The molecule has 0 radical (unpaired) electrons. The Morgan fingerprint density at radius 1 is 1.33 bits per heavy atom. The van der Waals surface area contributed by atoms with Gasteiger partial charge < -0.3 is 14.5 Å². The summed E-state index contributed by atoms with van der Waals surface area (Å²) in [5.41, 5.74) is 0.470. The van der Waals surface area contributed by atoms with Gasteiger partial charge in [0.25, 0.3) is 0 Å². The Hall–Kier alpha value is -1.95. The highest BCUT2D eigenvalue weighted by Gasteiger charge is 2.29. The summed E-state index contributed by atoms with van der Waals surface area (Å²) in [7, 11) is 0. The maximum atomic E-state index is 13.7. The summed E-state index contributed by atoms with van der Waals surface area (Å²) in [5, 5.41) is 0. The van der Waals surface area contributed by atoms with Crippen molar-refractivity contribution >= 4 is 11.8 Å². The minimum absolute atomic E-state index is 0.0710. The number of carbonyl (C=O) groups is 2. The molecule has 0 saturated carbocycles. The summed E-state index contributed by atoms with van der Waals surface area (Å²) in [6, 6.07) is 6.45. The van der Waals surface area contributed by atoms with Gasteiger partial charge in [-0.2, -0.15) is 0 Å². The number of hydrogen-bond donors (Lipinski definition) is 0. The molecule has 6 heteroatoms. The van der Waals surface area contributed by atoms with E-state index in [1.54, 1.807) is 23.1 Å². The molecule has 2 amide bonds. The van der Waals surface area contributed by atoms with Crippen molar-refractivity contribution in [3.05, 3.63) is 35.6 Å². The third-order valence-electron chi connectivity index (χ3n) is 3.99. The standard InChI is InChI=1S/C18H25FN2O3/c1-13(2)8-21-10-16(9-20(14(3)22)11-18(21)23)24-12-15-6-4-5-7-17(15)19/h4-7,13,16H,8-12H2,1-3H3. The van der Waals surface area contributed by atoms with Gasteiger partial charge in [-0.25, -0.2) is 4.39 Å². The summed E-state index contributed by atoms with van der Waals surface area (Å²) < 4.78 is 19.6. The van der Waals surface area contributed by atoms with Gasteiger partial charge in [0.05, 0.1) is 19.3 Å². The second-order valence-electron chi connectivity index (χ2n) is 6.62. The van der Waals surface area contributed by atoms with Crippen molar-refractivity contribution in [2.75, 3.05) is 26.2 Å². The summed E-state index contributed by atoms with van der Waals surface area (Å²) in [6.45, 7) is 7.07. The number of carbonyl (C=O) groups excluding carboxylic acids is 2. The predicted molar refractivity (Wildman–Crippen MR) is 88.6 cm³/mol. The van der Waals surface area contributed by atoms with Crippen molar-refractivity contribution < 1.29 is 18.7 Å². The monoisotopic (exact) mass is 336 g/mol. The predicted octanol–water partition coefficient (Wildman–Crippen LogP) is 2.06. The van der Waals surface area contributed by atoms with E-state index in [0.717, 1.165) is 0 Å². The number of nitrogens with zero attached hydrogens (tertiary/aromatic N) is 2. The van der Waals surface area contributed by atoms with E-state index in [1.165, 1.54) is 17.9 Å². The van der Waals surface area contributed by atoms with Gasteiger partial charge in [-0.1, -0.05) is 32.0 Å². The first kappa shape index (κ1) is 18.4. The smallest absolute Gasteiger partial charge is 0.242 e. The summed E-state index contributed by atoms with van der Waals surface area (Å²) in [6.07, 6.45) is -0.335. The quantitative estimate of drug-likeness (QED) is 0.827. The average Bonchev–Trinajstić information content (AvgIpc) is 2.66. The molecule has 1 atom stereocenters. The molecular weight excluding hydrogens is 311 g/mol. The molecule has 1 aliphatic rings. The average molecular weight is 336 g/mol. The number of amides is 2. The van der Waals surface area contributed by atoms with Gasteiger partial charge in [-0.15, -0.1) is 0 Å². The molecule has 0 spiro atoms. The van der Waals surface area contributed by atoms with E-state index in [0.29, 0.717) is 31.1 Å². The van der Waals surface area contributed by atoms with Crippen molar-refractivity contribution in [1.29, 1.82) is 0 Å². The summed E-state index contributed by atoms with van der Waals surface area (Å²) >= 11 is 0. The SMILES string of the molecule is CC(=O)N1CC(=O)N(CC(C)C)CC(OCc2ccccc2F)C1. The molecule has 24 heavy (non-hydrogen) atoms. The molecule has 0 bridgehead atoms. The second-order valence-corrected chi connectivity index (χ2v) is 6.62. The van der Waals surface area contributed by atoms with Gasteiger partial charge in [0.1, 0.15) is 5.82 Å². The van der Waals surface area contributed by atoms with Crippen LogP contribution in [0, 0.1) is 11.7 Å². The number of hydrogen-bond acceptors (Lipinski definition) is 3. The lowest BCUT2D eigenvalue weighted by Crippen LogP contribution is -2.40. The van der Waals surface area contributed by atoms with Crippen LogP contribution in [0.15, 0.2) is 24.3 Å². The Kier molecular flexibility index (Phi) is 6.31. The molecule has 1 aromatic carbocycles. The highest BCUT2D eigenvalue weighted by atomic mass is 19.1. The molecule has 132 valence electrons. The molecule has 1 heterocycles. The van der Waals surface area contributed by atoms with Crippen LogP contribution in [0.3, 0.4) is 0 Å². The van der Waals surface area contributed by atoms with Crippen molar-refractivity contribution in [3.8, 4) is 0 Å². The van der Waals surface area contributed by atoms with Crippen molar-refractivity contribution in [1.82, 2.24) is 9.80 Å². The van der Waals surface area contributed by atoms with Crippen molar-refractivity contribution in [2.45, 2.75) is 33.5 Å². The Morgan fingerprint density at radius 3 is 2.67 bits per heavy atom. The molecule has 0 aromatic heterocycles. The number of ether oxygens (including phenoxy) is 1. The lowest BCUT2D eigenvalue weighted by molar-refractivity contribution is -0.137. The maximum absolute atomic E-state index is 13.7. The van der Waals surface area contributed by atoms with Crippen LogP contribution < -0.4 is 0 Å². The molecule has 1 saturated heterocycles. The summed E-state index contributed by atoms with van der Waals surface area (Å²) in [5.74, 6) is -0.222. The first-order chi connectivity index (χ1) is 11.4. The van der Waals surface area contributed by atoms with Crippen LogP contribution in [0.5, 0.6) is 0 Å². The Bertz CT molecular complexity index is 591. The Labute approximate surface area is 142 Å². The normalized spacial score (nSPS) is 18.9. The van der Waals surface area contributed by atoms with Gasteiger partial charge in [-0.05, 0) is 12.0 Å². The zero-order valence-corrected chi connectivity index (χ0v) is 14.5. The maximum Gasteiger partial charge on any atom is 0.242 e. The minimum Gasteiger partial charge on any atom is -0.370 e. The van der Waals surface area contributed by atoms with E-state index < -0.39 is 0 Å². The highest BCUT2D eigenvalue weighted by Crippen LogP contribution is 2.14. The second kappa shape index (κ2) is 8.24. The van der Waals surface area contributed by atoms with Crippen LogP contribution in [0.4, 0.5) is 4.39 Å². The fourth-order valence-electron chi connectivity index (χ4n) is 2.76. The molecule has 5 nitrogen and oxygen atoms in total. The van der Waals surface area contributed by atoms with E-state index >= 15 is 0 Å². The third kappa shape index (κ3) is 5.03.